The molecule has 1 aromatic rings. The summed E-state index contributed by atoms with van der Waals surface area (Å²) in [5, 5.41) is 5.44. The van der Waals surface area contributed by atoms with E-state index in [0.717, 1.165) is 4.90 Å². The predicted molar refractivity (Wildman–Crippen MR) is 92.9 cm³/mol. The molecule has 2 rings (SSSR count). The molecule has 0 radical (unpaired) electrons. The Kier molecular flexibility index (Phi) is 6.77. The Morgan fingerprint density at radius 3 is 2.32 bits per heavy atom. The Morgan fingerprint density at radius 2 is 1.76 bits per heavy atom. The molecule has 25 heavy (non-hydrogen) atoms. The molecular weight excluding hydrogens is 368 g/mol. The lowest BCUT2D eigenvalue weighted by molar-refractivity contribution is -0.895. The molecule has 0 saturated carbocycles. The van der Waals surface area contributed by atoms with E-state index in [-0.39, 0.29) is 29.8 Å². The average Bonchev–Trinajstić information content (AvgIpc) is 2.60. The van der Waals surface area contributed by atoms with Crippen LogP contribution in [0.15, 0.2) is 29.2 Å². The number of quaternary nitrogens is 1. The van der Waals surface area contributed by atoms with Crippen molar-refractivity contribution >= 4 is 33.4 Å². The second-order valence-corrected chi connectivity index (χ2v) is 8.11. The predicted octanol–water partition coefficient (Wildman–Crippen LogP) is -1.91. The molecular formula is C15H22ClN4O4S+. The number of likely N-dealkylation sites (N-methyl/N-ethyl adjacent to an activating group) is 1. The highest BCUT2D eigenvalue weighted by atomic mass is 35.5. The molecule has 0 atom stereocenters. The van der Waals surface area contributed by atoms with Crippen LogP contribution in [-0.2, 0) is 19.6 Å². The number of hydrogen-bond donors (Lipinski definition) is 3. The molecule has 8 nitrogen and oxygen atoms in total. The van der Waals surface area contributed by atoms with Crippen LogP contribution in [0.3, 0.4) is 0 Å². The van der Waals surface area contributed by atoms with E-state index in [1.807, 2.05) is 0 Å². The van der Waals surface area contributed by atoms with Crippen molar-refractivity contribution in [2.45, 2.75) is 4.90 Å². The molecule has 0 bridgehead atoms. The monoisotopic (exact) mass is 389 g/mol. The van der Waals surface area contributed by atoms with Gasteiger partial charge in [0.1, 0.15) is 0 Å². The third-order valence-electron chi connectivity index (χ3n) is 4.02. The van der Waals surface area contributed by atoms with Crippen LogP contribution in [0.2, 0.25) is 5.02 Å². The van der Waals surface area contributed by atoms with Gasteiger partial charge in [0.25, 0.3) is 5.91 Å². The van der Waals surface area contributed by atoms with Crippen molar-refractivity contribution in [2.75, 3.05) is 46.3 Å². The van der Waals surface area contributed by atoms with Crippen LogP contribution in [0.5, 0.6) is 0 Å². The SMILES string of the molecule is CNC(=O)CNC(=O)C[NH+]1CCN(S(=O)(=O)c2ccc(Cl)cc2)CC1. The minimum absolute atomic E-state index is 0.0559. The van der Waals surface area contributed by atoms with Gasteiger partial charge >= 0.3 is 0 Å². The van der Waals surface area contributed by atoms with Gasteiger partial charge in [-0.2, -0.15) is 4.31 Å². The van der Waals surface area contributed by atoms with Crippen LogP contribution < -0.4 is 15.5 Å². The van der Waals surface area contributed by atoms with Gasteiger partial charge in [-0.15, -0.1) is 0 Å². The summed E-state index contributed by atoms with van der Waals surface area (Å²) in [5.74, 6) is -0.491. The molecule has 138 valence electrons. The number of halogens is 1. The summed E-state index contributed by atoms with van der Waals surface area (Å²) in [7, 11) is -2.05. The van der Waals surface area contributed by atoms with Crippen LogP contribution in [0.25, 0.3) is 0 Å². The Balaban J connectivity index is 1.85. The number of hydrogen-bond acceptors (Lipinski definition) is 4. The van der Waals surface area contributed by atoms with Gasteiger partial charge in [0.2, 0.25) is 15.9 Å². The Bertz CT molecular complexity index is 716. The van der Waals surface area contributed by atoms with Crippen LogP contribution in [-0.4, -0.2) is 70.9 Å². The van der Waals surface area contributed by atoms with Crippen molar-refractivity contribution in [3.05, 3.63) is 29.3 Å². The Labute approximate surface area is 152 Å². The second kappa shape index (κ2) is 8.61. The zero-order valence-corrected chi connectivity index (χ0v) is 15.5. The topological polar surface area (TPSA) is 100 Å². The normalized spacial score (nSPS) is 16.4. The number of rotatable bonds is 6. The van der Waals surface area contributed by atoms with Crippen molar-refractivity contribution < 1.29 is 22.9 Å². The van der Waals surface area contributed by atoms with E-state index in [9.17, 15) is 18.0 Å². The van der Waals surface area contributed by atoms with Crippen LogP contribution in [0.4, 0.5) is 0 Å². The van der Waals surface area contributed by atoms with Gasteiger partial charge in [-0.05, 0) is 24.3 Å². The number of amides is 2. The molecule has 2 amide bonds. The number of carbonyl (C=O) groups is 2. The molecule has 1 aliphatic rings. The standard InChI is InChI=1S/C15H21ClN4O4S/c1-17-14(21)10-18-15(22)11-19-6-8-20(9-7-19)25(23,24)13-4-2-12(16)3-5-13/h2-5H,6-11H2,1H3,(H,17,21)(H,18,22)/p+1. The van der Waals surface area contributed by atoms with Crippen LogP contribution >= 0.6 is 11.6 Å². The summed E-state index contributed by atoms with van der Waals surface area (Å²) in [6, 6.07) is 6.08. The van der Waals surface area contributed by atoms with Gasteiger partial charge in [0.05, 0.1) is 37.6 Å². The van der Waals surface area contributed by atoms with Crippen molar-refractivity contribution in [1.29, 1.82) is 0 Å². The summed E-state index contributed by atoms with van der Waals surface area (Å²) < 4.78 is 26.6. The molecule has 0 unspecified atom stereocenters. The quantitative estimate of drug-likeness (QED) is 0.528. The van der Waals surface area contributed by atoms with E-state index in [4.69, 9.17) is 11.6 Å². The minimum atomic E-state index is -3.55. The molecule has 1 aliphatic heterocycles. The van der Waals surface area contributed by atoms with E-state index < -0.39 is 10.0 Å². The fourth-order valence-electron chi connectivity index (χ4n) is 2.53. The number of carbonyl (C=O) groups excluding carboxylic acids is 2. The highest BCUT2D eigenvalue weighted by Crippen LogP contribution is 2.18. The Morgan fingerprint density at radius 1 is 1.16 bits per heavy atom. The number of piperazine rings is 1. The first kappa shape index (κ1) is 19.6. The van der Waals surface area contributed by atoms with Gasteiger partial charge < -0.3 is 15.5 Å². The minimum Gasteiger partial charge on any atom is -0.358 e. The van der Waals surface area contributed by atoms with Crippen molar-refractivity contribution in [3.8, 4) is 0 Å². The first-order chi connectivity index (χ1) is 11.8. The summed E-state index contributed by atoms with van der Waals surface area (Å²) in [5.41, 5.74) is 0. The molecule has 0 aromatic heterocycles. The Hall–Kier alpha value is -1.68. The maximum absolute atomic E-state index is 12.6. The maximum atomic E-state index is 12.6. The second-order valence-electron chi connectivity index (χ2n) is 5.73. The first-order valence-electron chi connectivity index (χ1n) is 7.89. The van der Waals surface area contributed by atoms with E-state index in [1.54, 1.807) is 12.1 Å². The number of sulfonamides is 1. The maximum Gasteiger partial charge on any atom is 0.275 e. The fraction of sp³-hybridized carbons (Fsp3) is 0.467. The third-order valence-corrected chi connectivity index (χ3v) is 6.18. The van der Waals surface area contributed by atoms with E-state index in [1.165, 1.54) is 23.5 Å². The smallest absolute Gasteiger partial charge is 0.275 e. The van der Waals surface area contributed by atoms with Gasteiger partial charge in [-0.3, -0.25) is 9.59 Å². The zero-order chi connectivity index (χ0) is 18.4. The molecule has 10 heteroatoms. The number of nitrogens with one attached hydrogen (secondary N) is 3. The summed E-state index contributed by atoms with van der Waals surface area (Å²) >= 11 is 5.79. The molecule has 0 aliphatic carbocycles. The highest BCUT2D eigenvalue weighted by molar-refractivity contribution is 7.89. The van der Waals surface area contributed by atoms with Gasteiger partial charge in [-0.1, -0.05) is 11.6 Å². The summed E-state index contributed by atoms with van der Waals surface area (Å²) in [4.78, 5) is 24.1. The molecule has 1 saturated heterocycles. The van der Waals surface area contributed by atoms with E-state index in [2.05, 4.69) is 10.6 Å². The van der Waals surface area contributed by atoms with Gasteiger partial charge in [0, 0.05) is 12.1 Å². The largest absolute Gasteiger partial charge is 0.358 e. The molecule has 1 fully saturated rings. The molecule has 1 aromatic carbocycles. The highest BCUT2D eigenvalue weighted by Gasteiger charge is 2.31. The molecule has 1 heterocycles. The lowest BCUT2D eigenvalue weighted by Gasteiger charge is -2.31. The summed E-state index contributed by atoms with van der Waals surface area (Å²) in [6.07, 6.45) is 0. The van der Waals surface area contributed by atoms with Gasteiger partial charge in [-0.25, -0.2) is 8.42 Å². The lowest BCUT2D eigenvalue weighted by atomic mass is 10.3. The molecule has 3 N–H and O–H groups in total. The van der Waals surface area contributed by atoms with Crippen LogP contribution in [0.1, 0.15) is 0 Å². The van der Waals surface area contributed by atoms with Crippen LogP contribution in [0, 0.1) is 0 Å². The third kappa shape index (κ3) is 5.40. The van der Waals surface area contributed by atoms with Crippen molar-refractivity contribution in [2.24, 2.45) is 0 Å². The average molecular weight is 390 g/mol. The summed E-state index contributed by atoms with van der Waals surface area (Å²) in [6.45, 7) is 1.89. The lowest BCUT2D eigenvalue weighted by Crippen LogP contribution is -3.15. The molecule has 0 spiro atoms. The van der Waals surface area contributed by atoms with Gasteiger partial charge in [0.15, 0.2) is 6.54 Å². The van der Waals surface area contributed by atoms with Crippen molar-refractivity contribution in [1.82, 2.24) is 14.9 Å². The first-order valence-corrected chi connectivity index (χ1v) is 9.71. The zero-order valence-electron chi connectivity index (χ0n) is 13.9. The number of nitrogens with zero attached hydrogens (tertiary/aromatic N) is 1. The van der Waals surface area contributed by atoms with Crippen molar-refractivity contribution in [3.63, 3.8) is 0 Å². The van der Waals surface area contributed by atoms with E-state index in [0.29, 0.717) is 31.2 Å². The van der Waals surface area contributed by atoms with E-state index >= 15 is 0 Å². The number of benzene rings is 1. The fourth-order valence-corrected chi connectivity index (χ4v) is 4.10.